The fourth-order valence-electron chi connectivity index (χ4n) is 1.21. The molecule has 0 aliphatic rings. The predicted molar refractivity (Wildman–Crippen MR) is 71.3 cm³/mol. The average Bonchev–Trinajstić information content (AvgIpc) is 2.32. The SMILES string of the molecule is NNc1cc(Oc2ccccc2I)ccn1. The quantitative estimate of drug-likeness (QED) is 0.517. The van der Waals surface area contributed by atoms with Crippen LogP contribution < -0.4 is 16.0 Å². The van der Waals surface area contributed by atoms with Crippen LogP contribution in [0.25, 0.3) is 0 Å². The van der Waals surface area contributed by atoms with Gasteiger partial charge in [0.1, 0.15) is 17.3 Å². The van der Waals surface area contributed by atoms with Gasteiger partial charge >= 0.3 is 0 Å². The smallest absolute Gasteiger partial charge is 0.143 e. The van der Waals surface area contributed by atoms with Gasteiger partial charge in [0.2, 0.25) is 0 Å². The molecule has 0 radical (unpaired) electrons. The number of nitrogens with zero attached hydrogens (tertiary/aromatic N) is 1. The monoisotopic (exact) mass is 327 g/mol. The molecule has 4 nitrogen and oxygen atoms in total. The Bertz CT molecular complexity index is 490. The van der Waals surface area contributed by atoms with Gasteiger partial charge in [0, 0.05) is 12.3 Å². The van der Waals surface area contributed by atoms with Crippen molar-refractivity contribution in [3.8, 4) is 11.5 Å². The highest BCUT2D eigenvalue weighted by Gasteiger charge is 2.02. The summed E-state index contributed by atoms with van der Waals surface area (Å²) in [6, 6.07) is 11.3. The van der Waals surface area contributed by atoms with Gasteiger partial charge in [-0.25, -0.2) is 10.8 Å². The first kappa shape index (κ1) is 11.2. The van der Waals surface area contributed by atoms with Gasteiger partial charge in [0.25, 0.3) is 0 Å². The van der Waals surface area contributed by atoms with E-state index in [9.17, 15) is 0 Å². The molecule has 16 heavy (non-hydrogen) atoms. The summed E-state index contributed by atoms with van der Waals surface area (Å²) in [6.07, 6.45) is 1.64. The topological polar surface area (TPSA) is 60.2 Å². The molecule has 1 heterocycles. The summed E-state index contributed by atoms with van der Waals surface area (Å²) in [4.78, 5) is 4.00. The van der Waals surface area contributed by atoms with E-state index in [0.29, 0.717) is 11.6 Å². The molecular formula is C11H10IN3O. The lowest BCUT2D eigenvalue weighted by Gasteiger charge is -2.08. The minimum atomic E-state index is 0.573. The summed E-state index contributed by atoms with van der Waals surface area (Å²) in [5.74, 6) is 7.36. The number of nitrogen functional groups attached to an aromatic ring is 1. The summed E-state index contributed by atoms with van der Waals surface area (Å²) in [7, 11) is 0. The van der Waals surface area contributed by atoms with E-state index in [0.717, 1.165) is 9.32 Å². The molecule has 3 N–H and O–H groups in total. The van der Waals surface area contributed by atoms with Crippen molar-refractivity contribution < 1.29 is 4.74 Å². The lowest BCUT2D eigenvalue weighted by molar-refractivity contribution is 0.479. The lowest BCUT2D eigenvalue weighted by atomic mass is 10.3. The number of rotatable bonds is 3. The molecule has 0 aliphatic carbocycles. The van der Waals surface area contributed by atoms with Gasteiger partial charge in [0.05, 0.1) is 3.57 Å². The van der Waals surface area contributed by atoms with Crippen LogP contribution >= 0.6 is 22.6 Å². The second kappa shape index (κ2) is 5.13. The molecule has 0 unspecified atom stereocenters. The van der Waals surface area contributed by atoms with Crippen LogP contribution in [-0.4, -0.2) is 4.98 Å². The van der Waals surface area contributed by atoms with Crippen LogP contribution in [0, 0.1) is 3.57 Å². The third-order valence-corrected chi connectivity index (χ3v) is 2.83. The summed E-state index contributed by atoms with van der Waals surface area (Å²) in [5.41, 5.74) is 2.47. The number of hydrogen-bond acceptors (Lipinski definition) is 4. The Balaban J connectivity index is 2.24. The summed E-state index contributed by atoms with van der Waals surface area (Å²) >= 11 is 2.22. The molecule has 5 heteroatoms. The predicted octanol–water partition coefficient (Wildman–Crippen LogP) is 2.76. The first-order valence-corrected chi connectivity index (χ1v) is 5.72. The van der Waals surface area contributed by atoms with Crippen molar-refractivity contribution in [3.05, 3.63) is 46.2 Å². The van der Waals surface area contributed by atoms with Crippen LogP contribution in [0.3, 0.4) is 0 Å². The van der Waals surface area contributed by atoms with Crippen molar-refractivity contribution in [2.24, 2.45) is 5.84 Å². The summed E-state index contributed by atoms with van der Waals surface area (Å²) in [6.45, 7) is 0. The van der Waals surface area contributed by atoms with Crippen LogP contribution in [0.1, 0.15) is 0 Å². The van der Waals surface area contributed by atoms with Gasteiger partial charge in [-0.15, -0.1) is 0 Å². The average molecular weight is 327 g/mol. The Kier molecular flexibility index (Phi) is 3.58. The molecule has 0 saturated carbocycles. The third kappa shape index (κ3) is 2.61. The third-order valence-electron chi connectivity index (χ3n) is 1.94. The number of pyridine rings is 1. The van der Waals surface area contributed by atoms with Crippen molar-refractivity contribution in [1.82, 2.24) is 4.98 Å². The van der Waals surface area contributed by atoms with Gasteiger partial charge in [-0.2, -0.15) is 0 Å². The molecule has 2 aromatic rings. The zero-order chi connectivity index (χ0) is 11.4. The summed E-state index contributed by atoms with van der Waals surface area (Å²) in [5, 5.41) is 0. The molecule has 1 aromatic carbocycles. The first-order chi connectivity index (χ1) is 7.79. The van der Waals surface area contributed by atoms with Crippen molar-refractivity contribution in [2.45, 2.75) is 0 Å². The Hall–Kier alpha value is -1.34. The van der Waals surface area contributed by atoms with Crippen LogP contribution in [-0.2, 0) is 0 Å². The van der Waals surface area contributed by atoms with Crippen LogP contribution in [0.2, 0.25) is 0 Å². The van der Waals surface area contributed by atoms with Crippen LogP contribution in [0.4, 0.5) is 5.82 Å². The molecule has 0 atom stereocenters. The number of anilines is 1. The zero-order valence-corrected chi connectivity index (χ0v) is 10.5. The van der Waals surface area contributed by atoms with Gasteiger partial charge in [0.15, 0.2) is 0 Å². The van der Waals surface area contributed by atoms with E-state index in [-0.39, 0.29) is 0 Å². The molecule has 0 amide bonds. The maximum Gasteiger partial charge on any atom is 0.143 e. The number of benzene rings is 1. The Morgan fingerprint density at radius 1 is 1.25 bits per heavy atom. The molecule has 0 aliphatic heterocycles. The van der Waals surface area contributed by atoms with E-state index in [4.69, 9.17) is 10.6 Å². The second-order valence-electron chi connectivity index (χ2n) is 3.05. The van der Waals surface area contributed by atoms with E-state index >= 15 is 0 Å². The highest BCUT2D eigenvalue weighted by atomic mass is 127. The van der Waals surface area contributed by atoms with Gasteiger partial charge in [-0.1, -0.05) is 12.1 Å². The fourth-order valence-corrected chi connectivity index (χ4v) is 1.71. The van der Waals surface area contributed by atoms with E-state index in [1.165, 1.54) is 0 Å². The van der Waals surface area contributed by atoms with Crippen molar-refractivity contribution >= 4 is 28.4 Å². The van der Waals surface area contributed by atoms with E-state index in [2.05, 4.69) is 33.0 Å². The molecule has 0 spiro atoms. The van der Waals surface area contributed by atoms with Gasteiger partial charge < -0.3 is 10.2 Å². The number of hydrogen-bond donors (Lipinski definition) is 2. The molecule has 2 rings (SSSR count). The Morgan fingerprint density at radius 2 is 2.06 bits per heavy atom. The minimum absolute atomic E-state index is 0.573. The van der Waals surface area contributed by atoms with Crippen molar-refractivity contribution in [3.63, 3.8) is 0 Å². The number of hydrazine groups is 1. The molecular weight excluding hydrogens is 317 g/mol. The van der Waals surface area contributed by atoms with E-state index in [1.807, 2.05) is 24.3 Å². The largest absolute Gasteiger partial charge is 0.456 e. The van der Waals surface area contributed by atoms with Crippen LogP contribution in [0.5, 0.6) is 11.5 Å². The fraction of sp³-hybridized carbons (Fsp3) is 0. The van der Waals surface area contributed by atoms with Gasteiger partial charge in [-0.05, 0) is 40.8 Å². The number of aromatic nitrogens is 1. The summed E-state index contributed by atoms with van der Waals surface area (Å²) < 4.78 is 6.76. The lowest BCUT2D eigenvalue weighted by Crippen LogP contribution is -2.08. The number of halogens is 1. The molecule has 1 aromatic heterocycles. The standard InChI is InChI=1S/C11H10IN3O/c12-9-3-1-2-4-10(9)16-8-5-6-14-11(7-8)15-13/h1-7H,13H2,(H,14,15). The van der Waals surface area contributed by atoms with E-state index in [1.54, 1.807) is 18.3 Å². The first-order valence-electron chi connectivity index (χ1n) is 4.64. The maximum atomic E-state index is 5.71. The maximum absolute atomic E-state index is 5.71. The number of nitrogens with one attached hydrogen (secondary N) is 1. The Morgan fingerprint density at radius 3 is 2.81 bits per heavy atom. The second-order valence-corrected chi connectivity index (χ2v) is 4.22. The van der Waals surface area contributed by atoms with E-state index < -0.39 is 0 Å². The molecule has 0 bridgehead atoms. The normalized spacial score (nSPS) is 9.88. The zero-order valence-electron chi connectivity index (χ0n) is 8.35. The number of para-hydroxylation sites is 1. The molecule has 0 fully saturated rings. The highest BCUT2D eigenvalue weighted by Crippen LogP contribution is 2.26. The number of ether oxygens (including phenoxy) is 1. The molecule has 82 valence electrons. The van der Waals surface area contributed by atoms with Crippen molar-refractivity contribution in [2.75, 3.05) is 5.43 Å². The Labute approximate surface area is 107 Å². The number of nitrogens with two attached hydrogens (primary N) is 1. The van der Waals surface area contributed by atoms with Gasteiger partial charge in [-0.3, -0.25) is 0 Å². The molecule has 0 saturated heterocycles. The minimum Gasteiger partial charge on any atom is -0.456 e. The highest BCUT2D eigenvalue weighted by molar-refractivity contribution is 14.1. The van der Waals surface area contributed by atoms with Crippen molar-refractivity contribution in [1.29, 1.82) is 0 Å². The van der Waals surface area contributed by atoms with Crippen LogP contribution in [0.15, 0.2) is 42.6 Å².